The highest BCUT2D eigenvalue weighted by molar-refractivity contribution is 6.14. The topological polar surface area (TPSA) is 38.7 Å². The Morgan fingerprint density at radius 3 is 1.72 bits per heavy atom. The number of hydrogen-bond acceptors (Lipinski definition) is 3. The van der Waals surface area contributed by atoms with Crippen molar-refractivity contribution in [2.75, 3.05) is 0 Å². The third kappa shape index (κ3) is 3.80. The first-order chi connectivity index (χ1) is 26.3. The van der Waals surface area contributed by atoms with Gasteiger partial charge in [-0.1, -0.05) is 140 Å². The number of aromatic nitrogens is 3. The zero-order chi connectivity index (χ0) is 34.7. The summed E-state index contributed by atoms with van der Waals surface area (Å²) >= 11 is 0. The van der Waals surface area contributed by atoms with E-state index in [1.165, 1.54) is 49.9 Å². The van der Waals surface area contributed by atoms with Crippen molar-refractivity contribution in [1.29, 1.82) is 0 Å². The van der Waals surface area contributed by atoms with Crippen molar-refractivity contribution in [3.05, 3.63) is 198 Å². The van der Waals surface area contributed by atoms with Crippen LogP contribution < -0.4 is 0 Å². The molecule has 0 unspecified atom stereocenters. The Labute approximate surface area is 305 Å². The molecule has 0 saturated carbocycles. The molecule has 53 heavy (non-hydrogen) atoms. The minimum Gasteiger partial charge on any atom is -0.254 e. The van der Waals surface area contributed by atoms with Gasteiger partial charge in [-0.25, -0.2) is 9.97 Å². The summed E-state index contributed by atoms with van der Waals surface area (Å²) in [4.78, 5) is 15.2. The standard InChI is InChI=1S/C50H29N3/c1-5-15-41-34(11-1)35-12-2-6-16-42(35)50(41)43-17-7-3-13-36(43)39-28-38-37-14-4-8-18-46(37)53-47(40(38)29-44(39)50)32-21-19-30(20-22-32)45-26-25-33-24-23-31-10-9-27-51-48(31)49(33)52-45/h1-29H. The summed E-state index contributed by atoms with van der Waals surface area (Å²) in [6, 6.07) is 61.8. The van der Waals surface area contributed by atoms with E-state index in [1.54, 1.807) is 0 Å². The largest absolute Gasteiger partial charge is 0.254 e. The van der Waals surface area contributed by atoms with Crippen LogP contribution in [0.3, 0.4) is 0 Å². The molecule has 3 heterocycles. The molecule has 1 spiro atoms. The second-order valence-corrected chi connectivity index (χ2v) is 14.3. The summed E-state index contributed by atoms with van der Waals surface area (Å²) in [5, 5.41) is 5.72. The van der Waals surface area contributed by atoms with Crippen LogP contribution >= 0.6 is 0 Å². The average molecular weight is 672 g/mol. The van der Waals surface area contributed by atoms with Crippen LogP contribution in [0.1, 0.15) is 22.3 Å². The Morgan fingerprint density at radius 2 is 0.981 bits per heavy atom. The van der Waals surface area contributed by atoms with Gasteiger partial charge in [0, 0.05) is 38.9 Å². The molecule has 0 N–H and O–H groups in total. The van der Waals surface area contributed by atoms with Crippen molar-refractivity contribution >= 4 is 43.5 Å². The molecule has 3 heteroatoms. The van der Waals surface area contributed by atoms with E-state index in [2.05, 4.69) is 169 Å². The maximum Gasteiger partial charge on any atom is 0.0972 e. The third-order valence-corrected chi connectivity index (χ3v) is 11.7. The van der Waals surface area contributed by atoms with Crippen molar-refractivity contribution in [2.45, 2.75) is 5.41 Å². The van der Waals surface area contributed by atoms with Gasteiger partial charge in [0.05, 0.1) is 33.4 Å². The summed E-state index contributed by atoms with van der Waals surface area (Å²) in [5.74, 6) is 0. The molecular weight excluding hydrogens is 643 g/mol. The highest BCUT2D eigenvalue weighted by Crippen LogP contribution is 2.63. The molecule has 0 aliphatic heterocycles. The maximum atomic E-state index is 5.41. The molecule has 0 saturated heterocycles. The van der Waals surface area contributed by atoms with Gasteiger partial charge in [-0.3, -0.25) is 4.98 Å². The SMILES string of the molecule is c1ccc2c(c1)-c1ccccc1C21c2ccccc2-c2cc3c(cc21)c(-c1ccc(-c2ccc4ccc5cccnc5c4n2)cc1)nc1ccccc13. The number of para-hydroxylation sites is 1. The molecule has 12 rings (SSSR count). The van der Waals surface area contributed by atoms with Crippen LogP contribution in [-0.2, 0) is 5.41 Å². The fourth-order valence-electron chi connectivity index (χ4n) is 9.44. The van der Waals surface area contributed by atoms with Gasteiger partial charge in [-0.2, -0.15) is 0 Å². The third-order valence-electron chi connectivity index (χ3n) is 11.7. The first-order valence-electron chi connectivity index (χ1n) is 18.2. The van der Waals surface area contributed by atoms with Crippen molar-refractivity contribution < 1.29 is 0 Å². The molecule has 244 valence electrons. The van der Waals surface area contributed by atoms with Crippen molar-refractivity contribution in [3.8, 4) is 44.8 Å². The molecule has 0 amide bonds. The Kier molecular flexibility index (Phi) is 5.70. The quantitative estimate of drug-likeness (QED) is 0.172. The second-order valence-electron chi connectivity index (χ2n) is 14.3. The Morgan fingerprint density at radius 1 is 0.377 bits per heavy atom. The van der Waals surface area contributed by atoms with E-state index in [-0.39, 0.29) is 0 Å². The average Bonchev–Trinajstić information content (AvgIpc) is 3.69. The van der Waals surface area contributed by atoms with Crippen molar-refractivity contribution in [2.24, 2.45) is 0 Å². The van der Waals surface area contributed by atoms with Gasteiger partial charge in [0.15, 0.2) is 0 Å². The summed E-state index contributed by atoms with van der Waals surface area (Å²) in [5.41, 5.74) is 17.0. The van der Waals surface area contributed by atoms with Gasteiger partial charge in [0.25, 0.3) is 0 Å². The minimum absolute atomic E-state index is 0.416. The number of rotatable bonds is 2. The van der Waals surface area contributed by atoms with Gasteiger partial charge >= 0.3 is 0 Å². The molecular formula is C50H29N3. The smallest absolute Gasteiger partial charge is 0.0972 e. The zero-order valence-corrected chi connectivity index (χ0v) is 28.6. The number of benzene rings is 7. The van der Waals surface area contributed by atoms with E-state index in [9.17, 15) is 0 Å². The number of pyridine rings is 3. The molecule has 10 aromatic rings. The molecule has 2 aliphatic carbocycles. The van der Waals surface area contributed by atoms with Gasteiger partial charge in [0.2, 0.25) is 0 Å². The van der Waals surface area contributed by atoms with Crippen LogP contribution in [-0.4, -0.2) is 15.0 Å². The van der Waals surface area contributed by atoms with Crippen LogP contribution in [0.5, 0.6) is 0 Å². The Bertz CT molecular complexity index is 3130. The lowest BCUT2D eigenvalue weighted by Gasteiger charge is -2.30. The molecule has 3 aromatic heterocycles. The van der Waals surface area contributed by atoms with Gasteiger partial charge in [0.1, 0.15) is 0 Å². The monoisotopic (exact) mass is 671 g/mol. The maximum absolute atomic E-state index is 5.41. The molecule has 0 radical (unpaired) electrons. The van der Waals surface area contributed by atoms with Gasteiger partial charge in [-0.15, -0.1) is 0 Å². The predicted octanol–water partition coefficient (Wildman–Crippen LogP) is 12.2. The molecule has 7 aromatic carbocycles. The van der Waals surface area contributed by atoms with Crippen LogP contribution in [0.4, 0.5) is 0 Å². The molecule has 2 aliphatic rings. The summed E-state index contributed by atoms with van der Waals surface area (Å²) < 4.78 is 0. The summed E-state index contributed by atoms with van der Waals surface area (Å²) in [6.45, 7) is 0. The van der Waals surface area contributed by atoms with E-state index < -0.39 is 5.41 Å². The first-order valence-corrected chi connectivity index (χ1v) is 18.2. The first kappa shape index (κ1) is 28.7. The fourth-order valence-corrected chi connectivity index (χ4v) is 9.44. The number of nitrogens with zero attached hydrogens (tertiary/aromatic N) is 3. The van der Waals surface area contributed by atoms with Gasteiger partial charge in [-0.05, 0) is 80.2 Å². The zero-order valence-electron chi connectivity index (χ0n) is 28.6. The molecule has 0 bridgehead atoms. The number of fused-ring (bicyclic) bond motifs is 16. The molecule has 0 fully saturated rings. The fraction of sp³-hybridized carbons (Fsp3) is 0.0200. The predicted molar refractivity (Wildman–Crippen MR) is 217 cm³/mol. The van der Waals surface area contributed by atoms with Crippen LogP contribution in [0.25, 0.3) is 88.2 Å². The van der Waals surface area contributed by atoms with E-state index in [1.807, 2.05) is 12.3 Å². The van der Waals surface area contributed by atoms with Crippen LogP contribution in [0.2, 0.25) is 0 Å². The molecule has 0 atom stereocenters. The number of hydrogen-bond donors (Lipinski definition) is 0. The van der Waals surface area contributed by atoms with Crippen molar-refractivity contribution in [3.63, 3.8) is 0 Å². The second kappa shape index (κ2) is 10.5. The van der Waals surface area contributed by atoms with Crippen molar-refractivity contribution in [1.82, 2.24) is 15.0 Å². The van der Waals surface area contributed by atoms with E-state index in [0.717, 1.165) is 60.6 Å². The van der Waals surface area contributed by atoms with E-state index in [0.29, 0.717) is 0 Å². The lowest BCUT2D eigenvalue weighted by molar-refractivity contribution is 0.795. The van der Waals surface area contributed by atoms with Crippen LogP contribution in [0.15, 0.2) is 176 Å². The molecule has 3 nitrogen and oxygen atoms in total. The lowest BCUT2D eigenvalue weighted by atomic mass is 9.70. The highest BCUT2D eigenvalue weighted by atomic mass is 14.8. The summed E-state index contributed by atoms with van der Waals surface area (Å²) in [6.07, 6.45) is 1.84. The van der Waals surface area contributed by atoms with Gasteiger partial charge < -0.3 is 0 Å². The highest BCUT2D eigenvalue weighted by Gasteiger charge is 2.51. The normalized spacial score (nSPS) is 13.4. The summed E-state index contributed by atoms with van der Waals surface area (Å²) in [7, 11) is 0. The minimum atomic E-state index is -0.416. The van der Waals surface area contributed by atoms with E-state index >= 15 is 0 Å². The Balaban J connectivity index is 1.10. The lowest BCUT2D eigenvalue weighted by Crippen LogP contribution is -2.25. The van der Waals surface area contributed by atoms with E-state index in [4.69, 9.17) is 9.97 Å². The Hall–Kier alpha value is -6.97. The van der Waals surface area contributed by atoms with Crippen LogP contribution in [0, 0.1) is 0 Å².